The Morgan fingerprint density at radius 1 is 1.38 bits per heavy atom. The fraction of sp³-hybridized carbons (Fsp3) is 0.533. The van der Waals surface area contributed by atoms with Crippen LogP contribution in [0.3, 0.4) is 0 Å². The van der Waals surface area contributed by atoms with E-state index in [0.717, 1.165) is 50.7 Å². The largest absolute Gasteiger partial charge is 0.367 e. The van der Waals surface area contributed by atoms with E-state index < -0.39 is 0 Å². The van der Waals surface area contributed by atoms with Crippen LogP contribution in [0.15, 0.2) is 24.5 Å². The number of aryl methyl sites for hydroxylation is 1. The number of hydrogen-bond acceptors (Lipinski definition) is 5. The lowest BCUT2D eigenvalue weighted by atomic mass is 10.1. The Balaban J connectivity index is 1.55. The topological polar surface area (TPSA) is 66.9 Å². The average Bonchev–Trinajstić information content (AvgIpc) is 3.03. The van der Waals surface area contributed by atoms with E-state index in [0.29, 0.717) is 0 Å². The molecule has 1 fully saturated rings. The average molecular weight is 287 g/mol. The maximum atomic E-state index is 5.81. The summed E-state index contributed by atoms with van der Waals surface area (Å²) in [6, 6.07) is 4.14. The van der Waals surface area contributed by atoms with Crippen LogP contribution >= 0.6 is 0 Å². The fourth-order valence-electron chi connectivity index (χ4n) is 2.51. The highest BCUT2D eigenvalue weighted by Crippen LogP contribution is 2.19. The molecule has 0 saturated carbocycles. The van der Waals surface area contributed by atoms with Crippen LogP contribution in [0.5, 0.6) is 0 Å². The minimum Gasteiger partial charge on any atom is -0.367 e. The summed E-state index contributed by atoms with van der Waals surface area (Å²) in [4.78, 5) is 10.9. The molecular weight excluding hydrogens is 266 g/mol. The van der Waals surface area contributed by atoms with Gasteiger partial charge in [0, 0.05) is 38.4 Å². The summed E-state index contributed by atoms with van der Waals surface area (Å²) in [7, 11) is 0. The Labute approximate surface area is 124 Å². The van der Waals surface area contributed by atoms with E-state index in [4.69, 9.17) is 4.74 Å². The Morgan fingerprint density at radius 2 is 2.24 bits per heavy atom. The zero-order valence-electron chi connectivity index (χ0n) is 12.3. The zero-order chi connectivity index (χ0) is 14.5. The first-order valence-electron chi connectivity index (χ1n) is 7.49. The smallest absolute Gasteiger partial charge is 0.180 e. The predicted molar refractivity (Wildman–Crippen MR) is 78.8 cm³/mol. The van der Waals surface area contributed by atoms with E-state index in [1.54, 1.807) is 0 Å². The number of hydrogen-bond donors (Lipinski definition) is 1. The van der Waals surface area contributed by atoms with Gasteiger partial charge in [0.15, 0.2) is 5.82 Å². The Bertz CT molecular complexity index is 556. The van der Waals surface area contributed by atoms with E-state index >= 15 is 0 Å². The molecule has 2 aromatic heterocycles. The van der Waals surface area contributed by atoms with Gasteiger partial charge in [-0.3, -0.25) is 15.0 Å². The van der Waals surface area contributed by atoms with Gasteiger partial charge < -0.3 is 4.74 Å². The highest BCUT2D eigenvalue weighted by Gasteiger charge is 2.24. The lowest BCUT2D eigenvalue weighted by molar-refractivity contribution is -0.0337. The van der Waals surface area contributed by atoms with Gasteiger partial charge in [-0.1, -0.05) is 6.92 Å². The van der Waals surface area contributed by atoms with E-state index in [2.05, 4.69) is 44.1 Å². The van der Waals surface area contributed by atoms with Crippen molar-refractivity contribution in [3.63, 3.8) is 0 Å². The molecule has 0 radical (unpaired) electrons. The number of nitrogens with one attached hydrogen (secondary N) is 1. The molecule has 1 atom stereocenters. The first-order chi connectivity index (χ1) is 10.3. The zero-order valence-corrected chi connectivity index (χ0v) is 12.3. The van der Waals surface area contributed by atoms with Gasteiger partial charge >= 0.3 is 0 Å². The van der Waals surface area contributed by atoms with Crippen LogP contribution in [-0.4, -0.2) is 51.3 Å². The molecule has 0 aliphatic carbocycles. The molecule has 21 heavy (non-hydrogen) atoms. The molecule has 6 heteroatoms. The van der Waals surface area contributed by atoms with Crippen LogP contribution in [0, 0.1) is 0 Å². The van der Waals surface area contributed by atoms with Gasteiger partial charge in [-0.25, -0.2) is 4.98 Å². The highest BCUT2D eigenvalue weighted by atomic mass is 16.5. The van der Waals surface area contributed by atoms with Crippen molar-refractivity contribution in [3.05, 3.63) is 41.7 Å². The summed E-state index contributed by atoms with van der Waals surface area (Å²) < 4.78 is 5.81. The number of rotatable bonds is 5. The monoisotopic (exact) mass is 287 g/mol. The normalized spacial score (nSPS) is 19.8. The van der Waals surface area contributed by atoms with Crippen molar-refractivity contribution in [2.75, 3.05) is 26.2 Å². The molecule has 0 unspecified atom stereocenters. The fourth-order valence-corrected chi connectivity index (χ4v) is 2.51. The molecule has 1 aliphatic rings. The van der Waals surface area contributed by atoms with Crippen molar-refractivity contribution in [1.29, 1.82) is 0 Å². The molecule has 1 N–H and O–H groups in total. The number of aromatic amines is 1. The molecule has 0 amide bonds. The number of aromatic nitrogens is 4. The molecular formula is C15H21N5O. The summed E-state index contributed by atoms with van der Waals surface area (Å²) in [5, 5.41) is 7.23. The second kappa shape index (κ2) is 6.78. The van der Waals surface area contributed by atoms with Crippen LogP contribution in [0.2, 0.25) is 0 Å². The van der Waals surface area contributed by atoms with Crippen molar-refractivity contribution < 1.29 is 4.74 Å². The summed E-state index contributed by atoms with van der Waals surface area (Å²) >= 11 is 0. The molecule has 6 nitrogen and oxygen atoms in total. The minimum atomic E-state index is -0.0206. The van der Waals surface area contributed by atoms with Crippen molar-refractivity contribution in [3.8, 4) is 0 Å². The van der Waals surface area contributed by atoms with Crippen molar-refractivity contribution >= 4 is 0 Å². The van der Waals surface area contributed by atoms with E-state index in [9.17, 15) is 0 Å². The summed E-state index contributed by atoms with van der Waals surface area (Å²) in [6.45, 7) is 5.64. The van der Waals surface area contributed by atoms with Gasteiger partial charge in [-0.15, -0.1) is 0 Å². The first-order valence-corrected chi connectivity index (χ1v) is 7.49. The molecule has 0 aromatic carbocycles. The number of ether oxygens (including phenoxy) is 1. The number of H-pyrrole nitrogens is 1. The highest BCUT2D eigenvalue weighted by molar-refractivity contribution is 5.10. The molecule has 1 saturated heterocycles. The lowest BCUT2D eigenvalue weighted by Gasteiger charge is -2.31. The van der Waals surface area contributed by atoms with Gasteiger partial charge in [-0.05, 0) is 24.1 Å². The third-order valence-electron chi connectivity index (χ3n) is 3.79. The van der Waals surface area contributed by atoms with Crippen LogP contribution in [-0.2, 0) is 17.6 Å². The maximum Gasteiger partial charge on any atom is 0.180 e. The molecule has 112 valence electrons. The molecule has 3 rings (SSSR count). The molecule has 0 bridgehead atoms. The Kier molecular flexibility index (Phi) is 4.57. The van der Waals surface area contributed by atoms with Crippen LogP contribution in [0.25, 0.3) is 0 Å². The Hall–Kier alpha value is -1.79. The van der Waals surface area contributed by atoms with Crippen molar-refractivity contribution in [2.24, 2.45) is 0 Å². The molecule has 0 spiro atoms. The SMILES string of the molecule is CCc1nc([C@H]2CN(CCc3ccncc3)CCO2)n[nH]1. The van der Waals surface area contributed by atoms with Crippen LogP contribution in [0.4, 0.5) is 0 Å². The Morgan fingerprint density at radius 3 is 3.00 bits per heavy atom. The van der Waals surface area contributed by atoms with E-state index in [1.165, 1.54) is 5.56 Å². The van der Waals surface area contributed by atoms with Crippen molar-refractivity contribution in [2.45, 2.75) is 25.9 Å². The second-order valence-corrected chi connectivity index (χ2v) is 5.26. The standard InChI is InChI=1S/C15H21N5O/c1-2-14-17-15(19-18-14)13-11-20(9-10-21-13)8-5-12-3-6-16-7-4-12/h3-4,6-7,13H,2,5,8-11H2,1H3,(H,17,18,19)/t13-/m1/s1. The van der Waals surface area contributed by atoms with Crippen LogP contribution < -0.4 is 0 Å². The van der Waals surface area contributed by atoms with Gasteiger partial charge in [0.25, 0.3) is 0 Å². The summed E-state index contributed by atoms with van der Waals surface area (Å²) in [6.07, 6.45) is 5.57. The van der Waals surface area contributed by atoms with Gasteiger partial charge in [0.2, 0.25) is 0 Å². The first kappa shape index (κ1) is 14.2. The van der Waals surface area contributed by atoms with Gasteiger partial charge in [0.05, 0.1) is 6.61 Å². The minimum absolute atomic E-state index is 0.0206. The summed E-state index contributed by atoms with van der Waals surface area (Å²) in [5.41, 5.74) is 1.32. The predicted octanol–water partition coefficient (Wildman–Crippen LogP) is 1.38. The van der Waals surface area contributed by atoms with Crippen LogP contribution in [0.1, 0.15) is 30.2 Å². The third-order valence-corrected chi connectivity index (χ3v) is 3.79. The maximum absolute atomic E-state index is 5.81. The van der Waals surface area contributed by atoms with Gasteiger partial charge in [-0.2, -0.15) is 5.10 Å². The number of pyridine rings is 1. The van der Waals surface area contributed by atoms with E-state index in [-0.39, 0.29) is 6.10 Å². The quantitative estimate of drug-likeness (QED) is 0.900. The summed E-state index contributed by atoms with van der Waals surface area (Å²) in [5.74, 6) is 1.70. The van der Waals surface area contributed by atoms with Gasteiger partial charge in [0.1, 0.15) is 11.9 Å². The molecule has 1 aliphatic heterocycles. The lowest BCUT2D eigenvalue weighted by Crippen LogP contribution is -2.39. The third kappa shape index (κ3) is 3.65. The second-order valence-electron chi connectivity index (χ2n) is 5.26. The van der Waals surface area contributed by atoms with E-state index in [1.807, 2.05) is 12.4 Å². The van der Waals surface area contributed by atoms with Crippen molar-refractivity contribution in [1.82, 2.24) is 25.1 Å². The number of nitrogens with zero attached hydrogens (tertiary/aromatic N) is 4. The number of morpholine rings is 1. The molecule has 3 heterocycles. The molecule has 2 aromatic rings.